The molecule has 4 heteroatoms. The summed E-state index contributed by atoms with van der Waals surface area (Å²) in [6.07, 6.45) is 2.36. The maximum Gasteiger partial charge on any atom is 0.340 e. The number of aromatic carboxylic acids is 1. The molecule has 0 saturated carbocycles. The second-order valence-electron chi connectivity index (χ2n) is 4.93. The van der Waals surface area contributed by atoms with Crippen molar-refractivity contribution in [3.63, 3.8) is 0 Å². The van der Waals surface area contributed by atoms with Gasteiger partial charge >= 0.3 is 5.97 Å². The summed E-state index contributed by atoms with van der Waals surface area (Å²) < 4.78 is 11.3. The van der Waals surface area contributed by atoms with Crippen LogP contribution in [0.5, 0.6) is 0 Å². The van der Waals surface area contributed by atoms with Crippen LogP contribution >= 0.6 is 0 Å². The molecule has 0 bridgehead atoms. The second kappa shape index (κ2) is 5.13. The summed E-state index contributed by atoms with van der Waals surface area (Å²) in [5.74, 6) is 0.226. The molecule has 1 aliphatic rings. The molecule has 20 heavy (non-hydrogen) atoms. The molecule has 0 saturated heterocycles. The normalized spacial score (nSPS) is 17.8. The van der Waals surface area contributed by atoms with Crippen LogP contribution in [0, 0.1) is 0 Å². The van der Waals surface area contributed by atoms with Crippen LogP contribution in [0.2, 0.25) is 0 Å². The van der Waals surface area contributed by atoms with Crippen molar-refractivity contribution in [3.8, 4) is 11.3 Å². The lowest BCUT2D eigenvalue weighted by Crippen LogP contribution is -2.13. The Morgan fingerprint density at radius 2 is 2.10 bits per heavy atom. The van der Waals surface area contributed by atoms with E-state index in [1.807, 2.05) is 30.3 Å². The van der Waals surface area contributed by atoms with Gasteiger partial charge in [-0.3, -0.25) is 0 Å². The smallest absolute Gasteiger partial charge is 0.340 e. The van der Waals surface area contributed by atoms with Crippen molar-refractivity contribution in [2.75, 3.05) is 7.11 Å². The van der Waals surface area contributed by atoms with E-state index in [9.17, 15) is 9.90 Å². The number of benzene rings is 1. The molecule has 1 unspecified atom stereocenters. The first-order valence-corrected chi connectivity index (χ1v) is 6.69. The van der Waals surface area contributed by atoms with E-state index < -0.39 is 5.97 Å². The molecule has 0 aliphatic heterocycles. The number of furan rings is 1. The number of hydrogen-bond acceptors (Lipinski definition) is 3. The van der Waals surface area contributed by atoms with Crippen LogP contribution in [0.3, 0.4) is 0 Å². The van der Waals surface area contributed by atoms with Crippen LogP contribution < -0.4 is 0 Å². The summed E-state index contributed by atoms with van der Waals surface area (Å²) in [4.78, 5) is 11.7. The van der Waals surface area contributed by atoms with Crippen molar-refractivity contribution < 1.29 is 19.1 Å². The minimum atomic E-state index is -0.960. The van der Waals surface area contributed by atoms with E-state index in [4.69, 9.17) is 9.15 Å². The van der Waals surface area contributed by atoms with Gasteiger partial charge in [0.1, 0.15) is 17.1 Å². The summed E-state index contributed by atoms with van der Waals surface area (Å²) in [5, 5.41) is 9.57. The van der Waals surface area contributed by atoms with E-state index >= 15 is 0 Å². The third-order valence-corrected chi connectivity index (χ3v) is 3.75. The van der Waals surface area contributed by atoms with Gasteiger partial charge in [-0.2, -0.15) is 0 Å². The summed E-state index contributed by atoms with van der Waals surface area (Å²) in [6, 6.07) is 9.36. The highest BCUT2D eigenvalue weighted by atomic mass is 16.5. The van der Waals surface area contributed by atoms with Gasteiger partial charge in [0.05, 0.1) is 6.10 Å². The van der Waals surface area contributed by atoms with Crippen LogP contribution in [0.15, 0.2) is 34.7 Å². The number of ether oxygens (including phenoxy) is 1. The minimum Gasteiger partial charge on any atom is -0.478 e. The lowest BCUT2D eigenvalue weighted by molar-refractivity contribution is 0.0665. The van der Waals surface area contributed by atoms with Crippen LogP contribution in [-0.2, 0) is 11.2 Å². The zero-order valence-electron chi connectivity index (χ0n) is 11.3. The van der Waals surface area contributed by atoms with E-state index in [-0.39, 0.29) is 11.7 Å². The average Bonchev–Trinajstić information content (AvgIpc) is 2.87. The molecule has 1 aliphatic carbocycles. The number of aryl methyl sites for hydroxylation is 1. The third-order valence-electron chi connectivity index (χ3n) is 3.75. The van der Waals surface area contributed by atoms with E-state index in [1.54, 1.807) is 7.11 Å². The molecule has 3 rings (SSSR count). The fraction of sp³-hybridized carbons (Fsp3) is 0.312. The predicted octanol–water partition coefficient (Wildman–Crippen LogP) is 3.67. The molecule has 1 N–H and O–H groups in total. The predicted molar refractivity (Wildman–Crippen MR) is 73.8 cm³/mol. The maximum absolute atomic E-state index is 11.7. The molecule has 0 spiro atoms. The first-order chi connectivity index (χ1) is 9.72. The first-order valence-electron chi connectivity index (χ1n) is 6.69. The Balaban J connectivity index is 2.22. The van der Waals surface area contributed by atoms with Crippen molar-refractivity contribution in [3.05, 3.63) is 47.2 Å². The third kappa shape index (κ3) is 2.02. The van der Waals surface area contributed by atoms with Crippen LogP contribution in [0.25, 0.3) is 11.3 Å². The van der Waals surface area contributed by atoms with Crippen LogP contribution in [0.1, 0.15) is 40.6 Å². The van der Waals surface area contributed by atoms with E-state index in [1.165, 1.54) is 0 Å². The molecule has 4 nitrogen and oxygen atoms in total. The highest BCUT2D eigenvalue weighted by molar-refractivity contribution is 5.96. The highest BCUT2D eigenvalue weighted by Gasteiger charge is 2.33. The standard InChI is InChI=1S/C16H16O4/c1-19-11-8-5-9-12-13(11)14(16(17)18)15(20-12)10-6-3-2-4-7-10/h2-4,6-7,11H,5,8-9H2,1H3,(H,17,18). The summed E-state index contributed by atoms with van der Waals surface area (Å²) in [6.45, 7) is 0. The van der Waals surface area contributed by atoms with Crippen molar-refractivity contribution in [1.29, 1.82) is 0 Å². The average molecular weight is 272 g/mol. The van der Waals surface area contributed by atoms with E-state index in [0.717, 1.165) is 30.6 Å². The van der Waals surface area contributed by atoms with Gasteiger partial charge in [0.2, 0.25) is 0 Å². The Labute approximate surface area is 117 Å². The van der Waals surface area contributed by atoms with E-state index in [0.29, 0.717) is 11.3 Å². The van der Waals surface area contributed by atoms with Crippen LogP contribution in [-0.4, -0.2) is 18.2 Å². The Bertz CT molecular complexity index is 627. The monoisotopic (exact) mass is 272 g/mol. The molecule has 1 aromatic heterocycles. The van der Waals surface area contributed by atoms with Gasteiger partial charge in [0.25, 0.3) is 0 Å². The number of carboxylic acids is 1. The molecule has 0 fully saturated rings. The number of hydrogen-bond donors (Lipinski definition) is 1. The minimum absolute atomic E-state index is 0.189. The molecule has 1 heterocycles. The quantitative estimate of drug-likeness (QED) is 0.926. The molecule has 0 amide bonds. The van der Waals surface area contributed by atoms with Crippen LogP contribution in [0.4, 0.5) is 0 Å². The van der Waals surface area contributed by atoms with Gasteiger partial charge in [0, 0.05) is 24.7 Å². The topological polar surface area (TPSA) is 59.7 Å². The number of fused-ring (bicyclic) bond motifs is 1. The molecule has 1 aromatic carbocycles. The Morgan fingerprint density at radius 3 is 2.75 bits per heavy atom. The fourth-order valence-electron chi connectivity index (χ4n) is 2.85. The first kappa shape index (κ1) is 12.9. The van der Waals surface area contributed by atoms with Gasteiger partial charge in [-0.05, 0) is 12.8 Å². The number of carboxylic acid groups (broad SMARTS) is 1. The van der Waals surface area contributed by atoms with Crippen molar-refractivity contribution in [2.24, 2.45) is 0 Å². The van der Waals surface area contributed by atoms with Crippen molar-refractivity contribution in [1.82, 2.24) is 0 Å². The molecule has 104 valence electrons. The van der Waals surface area contributed by atoms with Gasteiger partial charge in [-0.25, -0.2) is 4.79 Å². The summed E-state index contributed by atoms with van der Waals surface area (Å²) in [7, 11) is 1.61. The zero-order chi connectivity index (χ0) is 14.1. The number of rotatable bonds is 3. The SMILES string of the molecule is COC1CCCc2oc(-c3ccccc3)c(C(=O)O)c21. The Hall–Kier alpha value is -2.07. The Morgan fingerprint density at radius 1 is 1.35 bits per heavy atom. The largest absolute Gasteiger partial charge is 0.478 e. The molecule has 0 radical (unpaired) electrons. The summed E-state index contributed by atoms with van der Waals surface area (Å²) >= 11 is 0. The molecular formula is C16H16O4. The maximum atomic E-state index is 11.7. The second-order valence-corrected chi connectivity index (χ2v) is 4.93. The Kier molecular flexibility index (Phi) is 3.32. The lowest BCUT2D eigenvalue weighted by atomic mass is 9.91. The van der Waals surface area contributed by atoms with Gasteiger partial charge in [-0.15, -0.1) is 0 Å². The van der Waals surface area contributed by atoms with Gasteiger partial charge in [-0.1, -0.05) is 30.3 Å². The lowest BCUT2D eigenvalue weighted by Gasteiger charge is -2.20. The number of methoxy groups -OCH3 is 1. The van der Waals surface area contributed by atoms with Gasteiger partial charge < -0.3 is 14.3 Å². The molecular weight excluding hydrogens is 256 g/mol. The zero-order valence-corrected chi connectivity index (χ0v) is 11.3. The highest BCUT2D eigenvalue weighted by Crippen LogP contribution is 2.41. The molecule has 2 aromatic rings. The fourth-order valence-corrected chi connectivity index (χ4v) is 2.85. The summed E-state index contributed by atoms with van der Waals surface area (Å²) in [5.41, 5.74) is 1.75. The van der Waals surface area contributed by atoms with Crippen molar-refractivity contribution in [2.45, 2.75) is 25.4 Å². The number of carbonyl (C=O) groups is 1. The van der Waals surface area contributed by atoms with Gasteiger partial charge in [0.15, 0.2) is 0 Å². The van der Waals surface area contributed by atoms with Crippen molar-refractivity contribution >= 4 is 5.97 Å². The van der Waals surface area contributed by atoms with E-state index in [2.05, 4.69) is 0 Å². The molecule has 1 atom stereocenters.